The maximum Gasteiger partial charge on any atom is 0.252 e. The minimum absolute atomic E-state index is 0.0788. The molecule has 25 heavy (non-hydrogen) atoms. The molecule has 0 aliphatic rings. The summed E-state index contributed by atoms with van der Waals surface area (Å²) in [4.78, 5) is 16.0. The van der Waals surface area contributed by atoms with Gasteiger partial charge in [0.15, 0.2) is 5.82 Å². The van der Waals surface area contributed by atoms with Crippen LogP contribution < -0.4 is 5.32 Å². The molecule has 0 radical (unpaired) electrons. The number of benzene rings is 1. The predicted molar refractivity (Wildman–Crippen MR) is 88.8 cm³/mol. The van der Waals surface area contributed by atoms with Crippen molar-refractivity contribution in [3.63, 3.8) is 0 Å². The van der Waals surface area contributed by atoms with Crippen molar-refractivity contribution in [2.75, 3.05) is 6.61 Å². The van der Waals surface area contributed by atoms with Gasteiger partial charge in [0.2, 0.25) is 5.91 Å². The van der Waals surface area contributed by atoms with Gasteiger partial charge >= 0.3 is 0 Å². The van der Waals surface area contributed by atoms with Gasteiger partial charge in [0, 0.05) is 12.4 Å². The average molecular weight is 341 g/mol. The van der Waals surface area contributed by atoms with E-state index < -0.39 is 0 Å². The summed E-state index contributed by atoms with van der Waals surface area (Å²) in [7, 11) is 0. The van der Waals surface area contributed by atoms with Crippen LogP contribution in [0.1, 0.15) is 30.2 Å². The lowest BCUT2D eigenvalue weighted by molar-refractivity contribution is -0.127. The molecule has 1 aromatic carbocycles. The topological polar surface area (TPSA) is 95.1 Å². The Morgan fingerprint density at radius 3 is 3.00 bits per heavy atom. The number of rotatable bonds is 7. The second kappa shape index (κ2) is 7.71. The van der Waals surface area contributed by atoms with E-state index in [1.54, 1.807) is 17.8 Å². The number of carbonyl (C=O) groups is 1. The Morgan fingerprint density at radius 1 is 1.40 bits per heavy atom. The zero-order valence-electron chi connectivity index (χ0n) is 14.0. The summed E-state index contributed by atoms with van der Waals surface area (Å²) < 4.78 is 12.0. The summed E-state index contributed by atoms with van der Waals surface area (Å²) in [5.74, 6) is 0.673. The molecule has 2 aromatic heterocycles. The fourth-order valence-electron chi connectivity index (χ4n) is 2.35. The highest BCUT2D eigenvalue weighted by Crippen LogP contribution is 2.16. The van der Waals surface area contributed by atoms with Crippen LogP contribution in [0.5, 0.6) is 0 Å². The van der Waals surface area contributed by atoms with E-state index in [0.717, 1.165) is 11.3 Å². The van der Waals surface area contributed by atoms with Crippen LogP contribution in [0, 0.1) is 6.92 Å². The number of ether oxygens (including phenoxy) is 1. The van der Waals surface area contributed by atoms with Crippen molar-refractivity contribution in [2.45, 2.75) is 26.5 Å². The molecule has 1 N–H and O–H groups in total. The van der Waals surface area contributed by atoms with Crippen molar-refractivity contribution in [3.8, 4) is 5.69 Å². The Morgan fingerprint density at radius 2 is 2.28 bits per heavy atom. The maximum atomic E-state index is 12.0. The first-order valence-electron chi connectivity index (χ1n) is 7.88. The lowest BCUT2D eigenvalue weighted by Crippen LogP contribution is -2.30. The third-order valence-corrected chi connectivity index (χ3v) is 3.54. The fraction of sp³-hybridized carbons (Fsp3) is 0.294. The molecule has 130 valence electrons. The van der Waals surface area contributed by atoms with E-state index in [0.29, 0.717) is 11.7 Å². The third-order valence-electron chi connectivity index (χ3n) is 3.54. The lowest BCUT2D eigenvalue weighted by atomic mass is 10.1. The summed E-state index contributed by atoms with van der Waals surface area (Å²) >= 11 is 0. The highest BCUT2D eigenvalue weighted by atomic mass is 16.5. The summed E-state index contributed by atoms with van der Waals surface area (Å²) in [6.45, 7) is 3.67. The number of nitrogens with one attached hydrogen (secondary N) is 1. The molecule has 0 fully saturated rings. The zero-order chi connectivity index (χ0) is 17.6. The van der Waals surface area contributed by atoms with Gasteiger partial charge < -0.3 is 14.6 Å². The molecule has 0 spiro atoms. The number of hydrogen-bond acceptors (Lipinski definition) is 6. The average Bonchev–Trinajstić information content (AvgIpc) is 3.27. The molecule has 3 rings (SSSR count). The van der Waals surface area contributed by atoms with Crippen LogP contribution in [0.2, 0.25) is 0 Å². The van der Waals surface area contributed by atoms with E-state index in [2.05, 4.69) is 20.6 Å². The molecule has 2 heterocycles. The Bertz CT molecular complexity index is 828. The van der Waals surface area contributed by atoms with Crippen LogP contribution in [-0.2, 0) is 16.1 Å². The molecule has 1 amide bonds. The number of nitrogens with zero attached hydrogens (tertiary/aromatic N) is 4. The van der Waals surface area contributed by atoms with Gasteiger partial charge in [0.05, 0.1) is 11.7 Å². The van der Waals surface area contributed by atoms with Crippen molar-refractivity contribution >= 4 is 5.91 Å². The molecular weight excluding hydrogens is 322 g/mol. The van der Waals surface area contributed by atoms with E-state index >= 15 is 0 Å². The lowest BCUT2D eigenvalue weighted by Gasteiger charge is -2.15. The van der Waals surface area contributed by atoms with Gasteiger partial charge in [0.1, 0.15) is 13.2 Å². The zero-order valence-corrected chi connectivity index (χ0v) is 14.0. The summed E-state index contributed by atoms with van der Waals surface area (Å²) in [6.07, 6.45) is 3.59. The molecule has 1 atom stereocenters. The van der Waals surface area contributed by atoms with Gasteiger partial charge in [0.25, 0.3) is 5.89 Å². The minimum atomic E-state index is -0.215. The van der Waals surface area contributed by atoms with Crippen molar-refractivity contribution < 1.29 is 14.1 Å². The van der Waals surface area contributed by atoms with E-state index in [1.807, 2.05) is 43.5 Å². The normalized spacial score (nSPS) is 12.1. The van der Waals surface area contributed by atoms with Crippen molar-refractivity contribution in [1.29, 1.82) is 0 Å². The number of aryl methyl sites for hydroxylation is 1. The number of carbonyl (C=O) groups excluding carboxylic acids is 1. The monoisotopic (exact) mass is 341 g/mol. The highest BCUT2D eigenvalue weighted by molar-refractivity contribution is 5.77. The maximum absolute atomic E-state index is 12.0. The van der Waals surface area contributed by atoms with Crippen molar-refractivity contribution in [1.82, 2.24) is 25.2 Å². The molecule has 0 aliphatic heterocycles. The van der Waals surface area contributed by atoms with Gasteiger partial charge in [-0.2, -0.15) is 10.1 Å². The second-order valence-electron chi connectivity index (χ2n) is 5.56. The van der Waals surface area contributed by atoms with Crippen LogP contribution in [0.15, 0.2) is 47.2 Å². The van der Waals surface area contributed by atoms with Crippen LogP contribution in [-0.4, -0.2) is 32.4 Å². The smallest absolute Gasteiger partial charge is 0.252 e. The molecule has 0 saturated heterocycles. The van der Waals surface area contributed by atoms with E-state index in [4.69, 9.17) is 9.26 Å². The first kappa shape index (κ1) is 16.8. The van der Waals surface area contributed by atoms with Crippen molar-refractivity contribution in [2.24, 2.45) is 0 Å². The number of hydrogen-bond donors (Lipinski definition) is 1. The van der Waals surface area contributed by atoms with Gasteiger partial charge in [-0.25, -0.2) is 4.68 Å². The van der Waals surface area contributed by atoms with E-state index in [-0.39, 0.29) is 25.2 Å². The molecule has 0 saturated carbocycles. The molecule has 3 aromatic rings. The SMILES string of the molecule is Cc1noc(COCC(=O)N[C@H](C)c2cccc(-n3cccn3)c2)n1. The quantitative estimate of drug-likeness (QED) is 0.706. The van der Waals surface area contributed by atoms with Crippen LogP contribution in [0.4, 0.5) is 0 Å². The molecule has 0 unspecified atom stereocenters. The van der Waals surface area contributed by atoms with Crippen LogP contribution in [0.3, 0.4) is 0 Å². The van der Waals surface area contributed by atoms with Gasteiger partial charge in [-0.1, -0.05) is 17.3 Å². The molecule has 0 bridgehead atoms. The Kier molecular flexibility index (Phi) is 5.20. The molecule has 0 aliphatic carbocycles. The van der Waals surface area contributed by atoms with Gasteiger partial charge in [-0.15, -0.1) is 0 Å². The van der Waals surface area contributed by atoms with Crippen molar-refractivity contribution in [3.05, 3.63) is 60.0 Å². The molecule has 8 nitrogen and oxygen atoms in total. The molecular formula is C17H19N5O3. The number of amides is 1. The summed E-state index contributed by atoms with van der Waals surface area (Å²) in [5, 5.41) is 10.8. The first-order chi connectivity index (χ1) is 12.1. The first-order valence-corrected chi connectivity index (χ1v) is 7.88. The third kappa shape index (κ3) is 4.51. The fourth-order valence-corrected chi connectivity index (χ4v) is 2.35. The summed E-state index contributed by atoms with van der Waals surface area (Å²) in [5.41, 5.74) is 1.92. The molecule has 8 heteroatoms. The number of aromatic nitrogens is 4. The van der Waals surface area contributed by atoms with E-state index in [1.165, 1.54) is 0 Å². The van der Waals surface area contributed by atoms with Crippen LogP contribution in [0.25, 0.3) is 5.69 Å². The predicted octanol–water partition coefficient (Wildman–Crippen LogP) is 1.96. The standard InChI is InChI=1S/C17H19N5O3/c1-12(14-5-3-6-15(9-14)22-8-4-7-18-22)19-16(23)10-24-11-17-20-13(2)21-25-17/h3-9,12H,10-11H2,1-2H3,(H,19,23)/t12-/m1/s1. The Balaban J connectivity index is 1.52. The van der Waals surface area contributed by atoms with Gasteiger partial charge in [-0.3, -0.25) is 4.79 Å². The second-order valence-corrected chi connectivity index (χ2v) is 5.56. The van der Waals surface area contributed by atoms with Crippen LogP contribution >= 0.6 is 0 Å². The highest BCUT2D eigenvalue weighted by Gasteiger charge is 2.11. The van der Waals surface area contributed by atoms with Gasteiger partial charge in [-0.05, 0) is 37.6 Å². The minimum Gasteiger partial charge on any atom is -0.362 e. The van der Waals surface area contributed by atoms with E-state index in [9.17, 15) is 4.79 Å². The largest absolute Gasteiger partial charge is 0.362 e. The Hall–Kier alpha value is -3.00. The Labute approximate surface area is 144 Å². The summed E-state index contributed by atoms with van der Waals surface area (Å²) in [6, 6.07) is 9.54.